The Kier molecular flexibility index (Phi) is 4.07. The lowest BCUT2D eigenvalue weighted by molar-refractivity contribution is 0.0945. The fourth-order valence-corrected chi connectivity index (χ4v) is 5.08. The molecule has 0 aliphatic heterocycles. The first-order valence-electron chi connectivity index (χ1n) is 8.70. The van der Waals surface area contributed by atoms with Crippen molar-refractivity contribution in [3.05, 3.63) is 69.6 Å². The zero-order chi connectivity index (χ0) is 19.4. The van der Waals surface area contributed by atoms with E-state index in [-0.39, 0.29) is 5.91 Å². The highest BCUT2D eigenvalue weighted by Gasteiger charge is 2.19. The molecule has 0 aliphatic rings. The van der Waals surface area contributed by atoms with Crippen LogP contribution in [0.5, 0.6) is 0 Å². The Hall–Kier alpha value is -2.57. The molecule has 5 aromatic rings. The predicted octanol–water partition coefficient (Wildman–Crippen LogP) is 6.59. The van der Waals surface area contributed by atoms with Crippen molar-refractivity contribution in [2.75, 3.05) is 0 Å². The Balaban J connectivity index is 1.83. The van der Waals surface area contributed by atoms with Crippen LogP contribution in [0.2, 0.25) is 0 Å². The highest BCUT2D eigenvalue weighted by molar-refractivity contribution is 9.11. The Bertz CT molecular complexity index is 1420. The standard InChI is InChI=1S/C22H13Br2N3O/c1-12(28)27-20-10-16(23)9-18(24)21(20)17-11-19(25-26-22(17)27)15-7-6-13-4-2-3-5-14(13)8-15/h2-11H,1H3. The van der Waals surface area contributed by atoms with Crippen LogP contribution >= 0.6 is 31.9 Å². The van der Waals surface area contributed by atoms with Gasteiger partial charge in [-0.15, -0.1) is 10.2 Å². The molecule has 0 bridgehead atoms. The molecule has 4 nitrogen and oxygen atoms in total. The summed E-state index contributed by atoms with van der Waals surface area (Å²) in [5, 5.41) is 13.0. The van der Waals surface area contributed by atoms with Gasteiger partial charge in [0.15, 0.2) is 5.65 Å². The lowest BCUT2D eigenvalue weighted by atomic mass is 10.0. The summed E-state index contributed by atoms with van der Waals surface area (Å²) in [5.41, 5.74) is 3.13. The number of rotatable bonds is 1. The van der Waals surface area contributed by atoms with Gasteiger partial charge in [-0.25, -0.2) is 0 Å². The first kappa shape index (κ1) is 17.5. The molecule has 3 aromatic carbocycles. The van der Waals surface area contributed by atoms with Crippen LogP contribution in [-0.4, -0.2) is 20.7 Å². The first-order chi connectivity index (χ1) is 13.5. The molecular formula is C22H13Br2N3O. The second-order valence-corrected chi connectivity index (χ2v) is 8.43. The van der Waals surface area contributed by atoms with Crippen molar-refractivity contribution in [3.8, 4) is 11.3 Å². The van der Waals surface area contributed by atoms with E-state index in [1.807, 2.05) is 36.4 Å². The molecule has 0 aliphatic carbocycles. The molecule has 2 aromatic heterocycles. The molecule has 0 amide bonds. The van der Waals surface area contributed by atoms with Crippen molar-refractivity contribution in [2.45, 2.75) is 6.92 Å². The molecule has 0 saturated carbocycles. The minimum absolute atomic E-state index is 0.0993. The molecule has 136 valence electrons. The minimum Gasteiger partial charge on any atom is -0.274 e. The normalized spacial score (nSPS) is 11.5. The predicted molar refractivity (Wildman–Crippen MR) is 120 cm³/mol. The van der Waals surface area contributed by atoms with Gasteiger partial charge >= 0.3 is 0 Å². The maximum Gasteiger partial charge on any atom is 0.229 e. The highest BCUT2D eigenvalue weighted by atomic mass is 79.9. The number of hydrogen-bond donors (Lipinski definition) is 0. The lowest BCUT2D eigenvalue weighted by Crippen LogP contribution is -2.06. The molecule has 0 saturated heterocycles. The van der Waals surface area contributed by atoms with E-state index in [0.717, 1.165) is 41.9 Å². The van der Waals surface area contributed by atoms with E-state index in [1.54, 1.807) is 4.57 Å². The molecule has 2 heterocycles. The van der Waals surface area contributed by atoms with Crippen molar-refractivity contribution >= 4 is 70.5 Å². The summed E-state index contributed by atoms with van der Waals surface area (Å²) >= 11 is 7.15. The molecule has 0 spiro atoms. The number of nitrogens with zero attached hydrogens (tertiary/aromatic N) is 3. The quantitative estimate of drug-likeness (QED) is 0.264. The minimum atomic E-state index is -0.0993. The van der Waals surface area contributed by atoms with Gasteiger partial charge in [-0.2, -0.15) is 0 Å². The second-order valence-electron chi connectivity index (χ2n) is 6.66. The Labute approximate surface area is 177 Å². The van der Waals surface area contributed by atoms with Gasteiger partial charge in [0.1, 0.15) is 0 Å². The third-order valence-corrected chi connectivity index (χ3v) is 5.97. The number of carbonyl (C=O) groups excluding carboxylic acids is 1. The van der Waals surface area contributed by atoms with Crippen LogP contribution in [0.15, 0.2) is 69.6 Å². The number of aromatic nitrogens is 3. The van der Waals surface area contributed by atoms with Crippen LogP contribution in [0, 0.1) is 0 Å². The van der Waals surface area contributed by atoms with E-state index in [1.165, 1.54) is 12.3 Å². The van der Waals surface area contributed by atoms with Crippen molar-refractivity contribution in [1.82, 2.24) is 14.8 Å². The van der Waals surface area contributed by atoms with E-state index in [2.05, 4.69) is 66.3 Å². The van der Waals surface area contributed by atoms with Gasteiger partial charge in [0.2, 0.25) is 5.91 Å². The van der Waals surface area contributed by atoms with Gasteiger partial charge in [0, 0.05) is 32.2 Å². The summed E-state index contributed by atoms with van der Waals surface area (Å²) in [5.74, 6) is -0.0993. The molecule has 0 radical (unpaired) electrons. The average Bonchev–Trinajstić information content (AvgIpc) is 3.01. The van der Waals surface area contributed by atoms with Crippen molar-refractivity contribution in [3.63, 3.8) is 0 Å². The van der Waals surface area contributed by atoms with E-state index in [0.29, 0.717) is 5.65 Å². The van der Waals surface area contributed by atoms with Crippen LogP contribution in [0.1, 0.15) is 11.7 Å². The molecule has 28 heavy (non-hydrogen) atoms. The summed E-state index contributed by atoms with van der Waals surface area (Å²) in [7, 11) is 0. The second kappa shape index (κ2) is 6.50. The molecule has 0 atom stereocenters. The van der Waals surface area contributed by atoms with E-state index >= 15 is 0 Å². The number of benzene rings is 3. The maximum absolute atomic E-state index is 12.3. The zero-order valence-electron chi connectivity index (χ0n) is 14.8. The number of halogens is 2. The van der Waals surface area contributed by atoms with Crippen molar-refractivity contribution in [2.24, 2.45) is 0 Å². The summed E-state index contributed by atoms with van der Waals surface area (Å²) in [6.07, 6.45) is 0. The number of hydrogen-bond acceptors (Lipinski definition) is 3. The van der Waals surface area contributed by atoms with Crippen LogP contribution in [0.4, 0.5) is 0 Å². The third-order valence-electron chi connectivity index (χ3n) is 4.89. The molecule has 0 fully saturated rings. The smallest absolute Gasteiger partial charge is 0.229 e. The summed E-state index contributed by atoms with van der Waals surface area (Å²) in [6.45, 7) is 1.53. The summed E-state index contributed by atoms with van der Waals surface area (Å²) < 4.78 is 3.40. The SMILES string of the molecule is CC(=O)n1c2cc(Br)cc(Br)c2c2cc(-c3ccc4ccccc4c3)nnc21. The monoisotopic (exact) mass is 493 g/mol. The van der Waals surface area contributed by atoms with Gasteiger partial charge in [-0.3, -0.25) is 9.36 Å². The molecule has 6 heteroatoms. The molecule has 5 rings (SSSR count). The van der Waals surface area contributed by atoms with Gasteiger partial charge in [-0.05, 0) is 35.0 Å². The third kappa shape index (κ3) is 2.67. The maximum atomic E-state index is 12.3. The Morgan fingerprint density at radius 1 is 0.929 bits per heavy atom. The van der Waals surface area contributed by atoms with E-state index in [4.69, 9.17) is 0 Å². The zero-order valence-corrected chi connectivity index (χ0v) is 18.0. The van der Waals surface area contributed by atoms with Gasteiger partial charge < -0.3 is 0 Å². The molecule has 0 unspecified atom stereocenters. The number of carbonyl (C=O) groups is 1. The Morgan fingerprint density at radius 3 is 2.50 bits per heavy atom. The topological polar surface area (TPSA) is 47.8 Å². The fourth-order valence-electron chi connectivity index (χ4n) is 3.66. The van der Waals surface area contributed by atoms with Crippen molar-refractivity contribution in [1.29, 1.82) is 0 Å². The van der Waals surface area contributed by atoms with Crippen LogP contribution in [0.25, 0.3) is 44.0 Å². The molecule has 0 N–H and O–H groups in total. The largest absolute Gasteiger partial charge is 0.274 e. The Morgan fingerprint density at radius 2 is 1.71 bits per heavy atom. The van der Waals surface area contributed by atoms with Crippen LogP contribution < -0.4 is 0 Å². The van der Waals surface area contributed by atoms with Gasteiger partial charge in [-0.1, -0.05) is 68.3 Å². The highest BCUT2D eigenvalue weighted by Crippen LogP contribution is 2.37. The van der Waals surface area contributed by atoms with E-state index in [9.17, 15) is 4.79 Å². The average molecular weight is 495 g/mol. The summed E-state index contributed by atoms with van der Waals surface area (Å²) in [4.78, 5) is 12.3. The number of fused-ring (bicyclic) bond motifs is 4. The van der Waals surface area contributed by atoms with Crippen LogP contribution in [0.3, 0.4) is 0 Å². The van der Waals surface area contributed by atoms with Gasteiger partial charge in [0.25, 0.3) is 0 Å². The first-order valence-corrected chi connectivity index (χ1v) is 10.3. The fraction of sp³-hybridized carbons (Fsp3) is 0.0455. The van der Waals surface area contributed by atoms with Crippen molar-refractivity contribution < 1.29 is 4.79 Å². The molecular weight excluding hydrogens is 482 g/mol. The van der Waals surface area contributed by atoms with Gasteiger partial charge in [0.05, 0.1) is 11.2 Å². The van der Waals surface area contributed by atoms with Crippen LogP contribution in [-0.2, 0) is 0 Å². The van der Waals surface area contributed by atoms with E-state index < -0.39 is 0 Å². The summed E-state index contributed by atoms with van der Waals surface area (Å²) in [6, 6.07) is 20.4. The lowest BCUT2D eigenvalue weighted by Gasteiger charge is -2.04.